The Morgan fingerprint density at radius 3 is 2.50 bits per heavy atom. The molecule has 0 saturated carbocycles. The number of fused-ring (bicyclic) bond motifs is 1. The highest BCUT2D eigenvalue weighted by Gasteiger charge is 2.24. The summed E-state index contributed by atoms with van der Waals surface area (Å²) in [7, 11) is 0. The summed E-state index contributed by atoms with van der Waals surface area (Å²) in [6.07, 6.45) is 0.575. The van der Waals surface area contributed by atoms with Crippen LogP contribution in [0.5, 0.6) is 11.5 Å². The number of hydrogen-bond acceptors (Lipinski definition) is 4. The molecule has 1 aromatic heterocycles. The molecule has 158 valence electrons. The normalized spacial score (nSPS) is 11.1. The summed E-state index contributed by atoms with van der Waals surface area (Å²) in [5.74, 6) is -2.06. The number of hydrogen-bond donors (Lipinski definition) is 0. The monoisotopic (exact) mass is 484 g/mol. The van der Waals surface area contributed by atoms with E-state index < -0.39 is 25.0 Å². The van der Waals surface area contributed by atoms with Gasteiger partial charge < -0.3 is 14.6 Å². The number of aromatic nitrogens is 1. The van der Waals surface area contributed by atoms with Gasteiger partial charge in [0.05, 0.1) is 5.39 Å². The average Bonchev–Trinajstić information content (AvgIpc) is 2.70. The molecule has 3 aromatic rings. The molecular formula is C21H18BrF3NO4+. The Balaban J connectivity index is 2.27. The summed E-state index contributed by atoms with van der Waals surface area (Å²) >= 11 is 3.35. The zero-order chi connectivity index (χ0) is 21.8. The Hall–Kier alpha value is -2.81. The SMILES string of the molecule is CCc1nc2c(F)ccc(OCC(=O)[OH2+])c2c(OC(F)F)c1Cc1ccc(Br)cc1. The molecule has 0 aliphatic heterocycles. The second-order valence-corrected chi connectivity index (χ2v) is 7.30. The van der Waals surface area contributed by atoms with E-state index in [1.165, 1.54) is 6.07 Å². The highest BCUT2D eigenvalue weighted by atomic mass is 79.9. The summed E-state index contributed by atoms with van der Waals surface area (Å²) in [5.41, 5.74) is 1.40. The number of pyridine rings is 1. The Bertz CT molecular complexity index is 1070. The molecule has 0 atom stereocenters. The highest BCUT2D eigenvalue weighted by molar-refractivity contribution is 9.10. The molecule has 0 radical (unpaired) electrons. The van der Waals surface area contributed by atoms with Crippen molar-refractivity contribution in [1.82, 2.24) is 4.98 Å². The van der Waals surface area contributed by atoms with Crippen molar-refractivity contribution in [2.45, 2.75) is 26.4 Å². The van der Waals surface area contributed by atoms with E-state index in [1.54, 1.807) is 6.92 Å². The van der Waals surface area contributed by atoms with Crippen LogP contribution in [0.25, 0.3) is 10.9 Å². The standard InChI is InChI=1S/C21H17BrF3NO4/c1-2-15-13(9-11-3-5-12(22)6-4-11)20(30-21(24)25)18-16(29-10-17(27)28)8-7-14(23)19(18)26-15/h3-8,21H,2,9-10H2,1H3,(H,27,28)/p+1. The molecule has 0 amide bonds. The first-order valence-electron chi connectivity index (χ1n) is 9.00. The second kappa shape index (κ2) is 9.34. The van der Waals surface area contributed by atoms with Gasteiger partial charge in [-0.05, 0) is 36.2 Å². The summed E-state index contributed by atoms with van der Waals surface area (Å²) in [4.78, 5) is 15.4. The minimum absolute atomic E-state index is 0.0603. The van der Waals surface area contributed by atoms with Gasteiger partial charge in [0.15, 0.2) is 0 Å². The molecule has 9 heteroatoms. The van der Waals surface area contributed by atoms with Crippen molar-refractivity contribution >= 4 is 32.8 Å². The zero-order valence-electron chi connectivity index (χ0n) is 15.8. The van der Waals surface area contributed by atoms with Gasteiger partial charge in [0.2, 0.25) is 6.61 Å². The lowest BCUT2D eigenvalue weighted by Crippen LogP contribution is -2.13. The summed E-state index contributed by atoms with van der Waals surface area (Å²) < 4.78 is 52.2. The van der Waals surface area contributed by atoms with Gasteiger partial charge in [0.1, 0.15) is 22.8 Å². The van der Waals surface area contributed by atoms with Crippen molar-refractivity contribution in [2.75, 3.05) is 6.61 Å². The van der Waals surface area contributed by atoms with Gasteiger partial charge in [0.25, 0.3) is 0 Å². The van der Waals surface area contributed by atoms with Gasteiger partial charge in [-0.15, -0.1) is 0 Å². The van der Waals surface area contributed by atoms with Crippen LogP contribution >= 0.6 is 15.9 Å². The lowest BCUT2D eigenvalue weighted by molar-refractivity contribution is -0.139. The number of benzene rings is 2. The number of alkyl halides is 2. The van der Waals surface area contributed by atoms with Crippen LogP contribution in [0.4, 0.5) is 13.2 Å². The number of rotatable bonds is 8. The van der Waals surface area contributed by atoms with E-state index in [2.05, 4.69) is 20.9 Å². The van der Waals surface area contributed by atoms with Crippen LogP contribution in [0.3, 0.4) is 0 Å². The molecule has 0 bridgehead atoms. The molecule has 0 spiro atoms. The van der Waals surface area contributed by atoms with Crippen molar-refractivity contribution in [3.63, 3.8) is 0 Å². The quantitative estimate of drug-likeness (QED) is 0.440. The van der Waals surface area contributed by atoms with E-state index in [4.69, 9.17) is 14.6 Å². The number of carbonyl (C=O) groups is 1. The molecule has 0 unspecified atom stereocenters. The zero-order valence-corrected chi connectivity index (χ0v) is 17.4. The summed E-state index contributed by atoms with van der Waals surface area (Å²) in [5, 5.41) is 6.91. The minimum atomic E-state index is -3.17. The van der Waals surface area contributed by atoms with E-state index in [1.807, 2.05) is 24.3 Å². The van der Waals surface area contributed by atoms with Gasteiger partial charge in [-0.25, -0.2) is 9.37 Å². The van der Waals surface area contributed by atoms with E-state index >= 15 is 0 Å². The Kier molecular flexibility index (Phi) is 6.81. The number of nitrogens with zero attached hydrogens (tertiary/aromatic N) is 1. The van der Waals surface area contributed by atoms with Crippen molar-refractivity contribution in [3.05, 3.63) is 63.5 Å². The molecule has 3 rings (SSSR count). The molecule has 30 heavy (non-hydrogen) atoms. The smallest absolute Gasteiger partial charge is 0.553 e. The second-order valence-electron chi connectivity index (χ2n) is 6.38. The van der Waals surface area contributed by atoms with Crippen LogP contribution in [0, 0.1) is 5.82 Å². The molecule has 1 heterocycles. The summed E-state index contributed by atoms with van der Waals surface area (Å²) in [6, 6.07) is 9.55. The van der Waals surface area contributed by atoms with Gasteiger partial charge in [-0.1, -0.05) is 35.0 Å². The molecule has 0 aliphatic carbocycles. The van der Waals surface area contributed by atoms with E-state index in [0.717, 1.165) is 16.1 Å². The predicted molar refractivity (Wildman–Crippen MR) is 109 cm³/mol. The lowest BCUT2D eigenvalue weighted by atomic mass is 9.98. The largest absolute Gasteiger partial charge is 0.562 e. The fourth-order valence-electron chi connectivity index (χ4n) is 3.12. The molecule has 2 aromatic carbocycles. The minimum Gasteiger partial charge on any atom is -0.562 e. The maximum Gasteiger partial charge on any atom is 0.553 e. The number of carbonyl (C=O) groups excluding carboxylic acids is 1. The first-order valence-corrected chi connectivity index (χ1v) is 9.79. The first kappa shape index (κ1) is 21.9. The molecule has 0 aliphatic rings. The molecule has 2 N–H and O–H groups in total. The van der Waals surface area contributed by atoms with Crippen molar-refractivity contribution in [2.24, 2.45) is 0 Å². The average molecular weight is 485 g/mol. The fraction of sp³-hybridized carbons (Fsp3) is 0.238. The van der Waals surface area contributed by atoms with Crippen LogP contribution in [-0.4, -0.2) is 29.3 Å². The topological polar surface area (TPSA) is 71.3 Å². The van der Waals surface area contributed by atoms with E-state index in [-0.39, 0.29) is 28.8 Å². The fourth-order valence-corrected chi connectivity index (χ4v) is 3.39. The third-order valence-corrected chi connectivity index (χ3v) is 4.91. The van der Waals surface area contributed by atoms with Crippen molar-refractivity contribution in [3.8, 4) is 11.5 Å². The van der Waals surface area contributed by atoms with Gasteiger partial charge in [-0.3, -0.25) is 0 Å². The maximum atomic E-state index is 14.5. The van der Waals surface area contributed by atoms with Crippen LogP contribution < -0.4 is 9.47 Å². The van der Waals surface area contributed by atoms with E-state index in [0.29, 0.717) is 17.7 Å². The van der Waals surface area contributed by atoms with Gasteiger partial charge >= 0.3 is 12.6 Å². The van der Waals surface area contributed by atoms with E-state index in [9.17, 15) is 18.0 Å². The van der Waals surface area contributed by atoms with Crippen molar-refractivity contribution < 1.29 is 32.5 Å². The van der Waals surface area contributed by atoms with Crippen LogP contribution in [0.2, 0.25) is 0 Å². The van der Waals surface area contributed by atoms with Crippen LogP contribution in [0.1, 0.15) is 23.7 Å². The molecular weight excluding hydrogens is 467 g/mol. The van der Waals surface area contributed by atoms with Gasteiger partial charge in [-0.2, -0.15) is 8.78 Å². The number of ether oxygens (including phenoxy) is 2. The Labute approximate surface area is 178 Å². The van der Waals surface area contributed by atoms with Crippen LogP contribution in [0.15, 0.2) is 40.9 Å². The number of halogens is 4. The lowest BCUT2D eigenvalue weighted by Gasteiger charge is -2.19. The molecule has 5 nitrogen and oxygen atoms in total. The third kappa shape index (κ3) is 4.84. The predicted octanol–water partition coefficient (Wildman–Crippen LogP) is 4.52. The van der Waals surface area contributed by atoms with Crippen molar-refractivity contribution in [1.29, 1.82) is 0 Å². The number of aryl methyl sites for hydroxylation is 1. The highest BCUT2D eigenvalue weighted by Crippen LogP contribution is 2.40. The first-order chi connectivity index (χ1) is 14.3. The summed E-state index contributed by atoms with van der Waals surface area (Å²) in [6.45, 7) is -2.01. The Morgan fingerprint density at radius 2 is 1.90 bits per heavy atom. The molecule has 0 fully saturated rings. The molecule has 0 saturated heterocycles. The Morgan fingerprint density at radius 1 is 1.20 bits per heavy atom. The maximum absolute atomic E-state index is 14.5. The van der Waals surface area contributed by atoms with Gasteiger partial charge in [0, 0.05) is 26.9 Å². The van der Waals surface area contributed by atoms with Crippen LogP contribution in [-0.2, 0) is 17.6 Å². The third-order valence-electron chi connectivity index (χ3n) is 4.38.